The second-order valence-corrected chi connectivity index (χ2v) is 8.62. The molecule has 170 valence electrons. The van der Waals surface area contributed by atoms with Gasteiger partial charge in [0.15, 0.2) is 17.3 Å². The van der Waals surface area contributed by atoms with Gasteiger partial charge in [-0.3, -0.25) is 4.79 Å². The lowest BCUT2D eigenvalue weighted by atomic mass is 10.1. The number of amides is 1. The third-order valence-corrected chi connectivity index (χ3v) is 6.11. The van der Waals surface area contributed by atoms with E-state index in [0.717, 1.165) is 11.3 Å². The molecule has 1 aromatic heterocycles. The third kappa shape index (κ3) is 5.21. The van der Waals surface area contributed by atoms with Crippen molar-refractivity contribution in [3.63, 3.8) is 0 Å². The number of aryl methyl sites for hydroxylation is 2. The average molecular weight is 461 g/mol. The molecule has 0 aliphatic carbocycles. The Bertz CT molecular complexity index is 1220. The van der Waals surface area contributed by atoms with Crippen LogP contribution in [0.5, 0.6) is 11.5 Å². The van der Waals surface area contributed by atoms with Crippen molar-refractivity contribution in [3.05, 3.63) is 47.8 Å². The van der Waals surface area contributed by atoms with Gasteiger partial charge in [0.25, 0.3) is 0 Å². The third-order valence-electron chi connectivity index (χ3n) is 4.66. The fraction of sp³-hybridized carbons (Fsp3) is 0.300. The Morgan fingerprint density at radius 3 is 2.47 bits per heavy atom. The lowest BCUT2D eigenvalue weighted by Crippen LogP contribution is -2.28. The maximum absolute atomic E-state index is 12.5. The number of sulfonamides is 1. The summed E-state index contributed by atoms with van der Waals surface area (Å²) in [5.74, 6) is 0.977. The van der Waals surface area contributed by atoms with Crippen molar-refractivity contribution in [2.24, 2.45) is 0 Å². The molecule has 11 nitrogen and oxygen atoms in total. The highest BCUT2D eigenvalue weighted by atomic mass is 32.2. The summed E-state index contributed by atoms with van der Waals surface area (Å²) >= 11 is 0. The maximum Gasteiger partial charge on any atom is 0.240 e. The fourth-order valence-corrected chi connectivity index (χ4v) is 4.01. The molecule has 0 radical (unpaired) electrons. The van der Waals surface area contributed by atoms with Crippen molar-refractivity contribution in [3.8, 4) is 17.2 Å². The van der Waals surface area contributed by atoms with E-state index in [9.17, 15) is 13.2 Å². The highest BCUT2D eigenvalue weighted by Crippen LogP contribution is 2.29. The molecule has 0 aliphatic rings. The minimum Gasteiger partial charge on any atom is -0.493 e. The summed E-state index contributed by atoms with van der Waals surface area (Å²) in [6.45, 7) is 3.60. The van der Waals surface area contributed by atoms with E-state index in [1.54, 1.807) is 23.7 Å². The van der Waals surface area contributed by atoms with Crippen LogP contribution in [-0.4, -0.2) is 55.3 Å². The van der Waals surface area contributed by atoms with Gasteiger partial charge in [-0.15, -0.1) is 5.10 Å². The highest BCUT2D eigenvalue weighted by molar-refractivity contribution is 7.89. The van der Waals surface area contributed by atoms with E-state index in [0.29, 0.717) is 23.0 Å². The molecule has 0 unspecified atom stereocenters. The van der Waals surface area contributed by atoms with Crippen molar-refractivity contribution in [2.75, 3.05) is 26.1 Å². The number of carbonyl (C=O) groups is 1. The minimum absolute atomic E-state index is 0.00976. The predicted octanol–water partition coefficient (Wildman–Crippen LogP) is 1.60. The van der Waals surface area contributed by atoms with Crippen molar-refractivity contribution < 1.29 is 22.7 Å². The molecular weight excluding hydrogens is 436 g/mol. The molecule has 0 aliphatic heterocycles. The number of tetrazole rings is 1. The van der Waals surface area contributed by atoms with Crippen LogP contribution in [0, 0.1) is 13.8 Å². The number of methoxy groups -OCH3 is 2. The summed E-state index contributed by atoms with van der Waals surface area (Å²) in [7, 11) is -0.942. The molecule has 2 aromatic carbocycles. The number of benzene rings is 2. The topological polar surface area (TPSA) is 137 Å². The maximum atomic E-state index is 12.5. The molecule has 1 heterocycles. The van der Waals surface area contributed by atoms with Gasteiger partial charge in [0.1, 0.15) is 0 Å². The van der Waals surface area contributed by atoms with Crippen molar-refractivity contribution in [1.82, 2.24) is 24.9 Å². The summed E-state index contributed by atoms with van der Waals surface area (Å²) in [5.41, 5.74) is 2.22. The van der Waals surface area contributed by atoms with Crippen molar-refractivity contribution in [1.29, 1.82) is 0 Å². The van der Waals surface area contributed by atoms with E-state index in [2.05, 4.69) is 25.6 Å². The predicted molar refractivity (Wildman–Crippen MR) is 117 cm³/mol. The SMILES string of the molecule is COc1ccc(S(=O)(=O)NCCC(=O)Nc2ccc(C)c(-n3nnnc3C)c2)cc1OC. The minimum atomic E-state index is -3.82. The second-order valence-electron chi connectivity index (χ2n) is 6.85. The zero-order chi connectivity index (χ0) is 23.3. The molecule has 12 heteroatoms. The zero-order valence-corrected chi connectivity index (χ0v) is 18.9. The summed E-state index contributed by atoms with van der Waals surface area (Å²) < 4.78 is 39.3. The van der Waals surface area contributed by atoms with Crippen LogP contribution in [0.25, 0.3) is 5.69 Å². The van der Waals surface area contributed by atoms with E-state index >= 15 is 0 Å². The lowest BCUT2D eigenvalue weighted by Gasteiger charge is -2.12. The molecular formula is C20H24N6O5S. The molecule has 1 amide bonds. The zero-order valence-electron chi connectivity index (χ0n) is 18.1. The van der Waals surface area contributed by atoms with Crippen molar-refractivity contribution >= 4 is 21.6 Å². The van der Waals surface area contributed by atoms with Gasteiger partial charge in [-0.2, -0.15) is 4.68 Å². The van der Waals surface area contributed by atoms with Crippen LogP contribution in [0.2, 0.25) is 0 Å². The first-order chi connectivity index (χ1) is 15.2. The first kappa shape index (κ1) is 23.2. The molecule has 0 saturated carbocycles. The Balaban J connectivity index is 1.61. The first-order valence-corrected chi connectivity index (χ1v) is 11.1. The van der Waals surface area contributed by atoms with Crippen LogP contribution in [-0.2, 0) is 14.8 Å². The van der Waals surface area contributed by atoms with E-state index in [4.69, 9.17) is 9.47 Å². The Labute approximate surface area is 185 Å². The number of anilines is 1. The summed E-state index contributed by atoms with van der Waals surface area (Å²) in [6, 6.07) is 9.61. The van der Waals surface area contributed by atoms with Gasteiger partial charge >= 0.3 is 0 Å². The van der Waals surface area contributed by atoms with Gasteiger partial charge in [-0.25, -0.2) is 13.1 Å². The summed E-state index contributed by atoms with van der Waals surface area (Å²) in [5, 5.41) is 14.2. The number of nitrogens with zero attached hydrogens (tertiary/aromatic N) is 4. The van der Waals surface area contributed by atoms with Crippen LogP contribution in [0.4, 0.5) is 5.69 Å². The molecule has 32 heavy (non-hydrogen) atoms. The number of hydrogen-bond donors (Lipinski definition) is 2. The molecule has 0 saturated heterocycles. The van der Waals surface area contributed by atoms with Gasteiger partial charge in [0.05, 0.1) is 24.8 Å². The average Bonchev–Trinajstić information content (AvgIpc) is 3.20. The van der Waals surface area contributed by atoms with Gasteiger partial charge < -0.3 is 14.8 Å². The normalized spacial score (nSPS) is 11.2. The summed E-state index contributed by atoms with van der Waals surface area (Å²) in [4.78, 5) is 12.3. The Kier molecular flexibility index (Phi) is 7.05. The van der Waals surface area contributed by atoms with Crippen LogP contribution in [0.3, 0.4) is 0 Å². The molecule has 0 spiro atoms. The number of carbonyl (C=O) groups excluding carboxylic acids is 1. The number of rotatable bonds is 9. The van der Waals surface area contributed by atoms with E-state index < -0.39 is 10.0 Å². The molecule has 0 bridgehead atoms. The number of ether oxygens (including phenoxy) is 2. The Morgan fingerprint density at radius 2 is 1.81 bits per heavy atom. The van der Waals surface area contributed by atoms with Crippen LogP contribution >= 0.6 is 0 Å². The highest BCUT2D eigenvalue weighted by Gasteiger charge is 2.17. The van der Waals surface area contributed by atoms with Gasteiger partial charge in [0, 0.05) is 24.7 Å². The first-order valence-electron chi connectivity index (χ1n) is 9.62. The second kappa shape index (κ2) is 9.75. The smallest absolute Gasteiger partial charge is 0.240 e. The Morgan fingerprint density at radius 1 is 1.06 bits per heavy atom. The van der Waals surface area contributed by atoms with Gasteiger partial charge in [-0.1, -0.05) is 6.07 Å². The van der Waals surface area contributed by atoms with Gasteiger partial charge in [0.2, 0.25) is 15.9 Å². The van der Waals surface area contributed by atoms with Crippen molar-refractivity contribution in [2.45, 2.75) is 25.2 Å². The molecule has 3 aromatic rings. The molecule has 0 fully saturated rings. The van der Waals surface area contributed by atoms with E-state index in [1.165, 1.54) is 32.4 Å². The molecule has 0 atom stereocenters. The standard InChI is InChI=1S/C20H24N6O5S/c1-13-5-6-15(11-17(13)26-14(2)23-24-25-26)22-20(27)9-10-21-32(28,29)16-7-8-18(30-3)19(12-16)31-4/h5-8,11-12,21H,9-10H2,1-4H3,(H,22,27). The number of hydrogen-bond acceptors (Lipinski definition) is 8. The molecule has 3 rings (SSSR count). The quantitative estimate of drug-likeness (QED) is 0.491. The van der Waals surface area contributed by atoms with Gasteiger partial charge in [-0.05, 0) is 54.1 Å². The van der Waals surface area contributed by atoms with E-state index in [-0.39, 0.29) is 23.8 Å². The number of nitrogens with one attached hydrogen (secondary N) is 2. The Hall–Kier alpha value is -3.51. The van der Waals surface area contributed by atoms with Crippen LogP contribution in [0.1, 0.15) is 17.8 Å². The largest absolute Gasteiger partial charge is 0.493 e. The molecule has 2 N–H and O–H groups in total. The lowest BCUT2D eigenvalue weighted by molar-refractivity contribution is -0.116. The monoisotopic (exact) mass is 460 g/mol. The van der Waals surface area contributed by atoms with Crippen LogP contribution < -0.4 is 19.5 Å². The number of aromatic nitrogens is 4. The van der Waals surface area contributed by atoms with E-state index in [1.807, 2.05) is 13.0 Å². The summed E-state index contributed by atoms with van der Waals surface area (Å²) in [6.07, 6.45) is -0.0559. The van der Waals surface area contributed by atoms with Crippen LogP contribution in [0.15, 0.2) is 41.3 Å². The fourth-order valence-electron chi connectivity index (χ4n) is 2.96.